The number of para-hydroxylation sites is 2. The molecule has 2 heterocycles. The molecule has 0 unspecified atom stereocenters. The lowest BCUT2D eigenvalue weighted by Crippen LogP contribution is -2.19. The minimum atomic E-state index is -0.156. The first-order valence-electron chi connectivity index (χ1n) is 9.18. The maximum Gasteiger partial charge on any atom is 0.248 e. The molecular weight excluding hydrogens is 352 g/mol. The number of carbonyl (C=O) groups excluding carboxylic acids is 1. The Balaban J connectivity index is 1.61. The Labute approximate surface area is 162 Å². The third-order valence-corrected chi connectivity index (χ3v) is 4.78. The van der Waals surface area contributed by atoms with E-state index in [1.807, 2.05) is 41.0 Å². The van der Waals surface area contributed by atoms with Crippen molar-refractivity contribution in [3.05, 3.63) is 70.8 Å². The molecule has 6 heteroatoms. The van der Waals surface area contributed by atoms with Crippen molar-refractivity contribution in [1.29, 1.82) is 0 Å². The summed E-state index contributed by atoms with van der Waals surface area (Å²) in [7, 11) is 0. The molecule has 28 heavy (non-hydrogen) atoms. The predicted octanol–water partition coefficient (Wildman–Crippen LogP) is 3.81. The van der Waals surface area contributed by atoms with Crippen molar-refractivity contribution in [3.63, 3.8) is 0 Å². The molecule has 2 aromatic carbocycles. The van der Waals surface area contributed by atoms with Crippen LogP contribution in [-0.4, -0.2) is 20.4 Å². The predicted molar refractivity (Wildman–Crippen MR) is 112 cm³/mol. The lowest BCUT2D eigenvalue weighted by molar-refractivity contribution is -0.116. The number of benzene rings is 2. The first-order chi connectivity index (χ1) is 13.3. The van der Waals surface area contributed by atoms with Crippen LogP contribution in [0.5, 0.6) is 0 Å². The van der Waals surface area contributed by atoms with Crippen LogP contribution in [0.2, 0.25) is 0 Å². The van der Waals surface area contributed by atoms with Crippen molar-refractivity contribution in [2.45, 2.75) is 32.7 Å². The van der Waals surface area contributed by atoms with E-state index < -0.39 is 0 Å². The number of nitrogens with one attached hydrogen (secondary N) is 2. The van der Waals surface area contributed by atoms with Crippen LogP contribution in [0.1, 0.15) is 26.3 Å². The van der Waals surface area contributed by atoms with E-state index >= 15 is 0 Å². The second-order valence-corrected chi connectivity index (χ2v) is 7.97. The van der Waals surface area contributed by atoms with Crippen molar-refractivity contribution in [1.82, 2.24) is 14.5 Å². The summed E-state index contributed by atoms with van der Waals surface area (Å²) in [6.45, 7) is 6.39. The van der Waals surface area contributed by atoms with Gasteiger partial charge in [0.2, 0.25) is 11.5 Å². The topological polar surface area (TPSA) is 79.8 Å². The average molecular weight is 374 g/mol. The Bertz CT molecular complexity index is 1240. The fourth-order valence-electron chi connectivity index (χ4n) is 3.45. The monoisotopic (exact) mass is 374 g/mol. The largest absolute Gasteiger partial charge is 0.324 e. The van der Waals surface area contributed by atoms with Crippen LogP contribution < -0.4 is 10.9 Å². The lowest BCUT2D eigenvalue weighted by atomic mass is 9.85. The molecule has 2 aromatic heterocycles. The van der Waals surface area contributed by atoms with Crippen LogP contribution in [0.25, 0.3) is 21.9 Å². The quantitative estimate of drug-likeness (QED) is 0.572. The Kier molecular flexibility index (Phi) is 4.26. The molecule has 0 saturated carbocycles. The summed E-state index contributed by atoms with van der Waals surface area (Å²) in [5, 5.41) is 3.88. The van der Waals surface area contributed by atoms with E-state index in [2.05, 4.69) is 36.1 Å². The number of hydrogen-bond acceptors (Lipinski definition) is 3. The van der Waals surface area contributed by atoms with Gasteiger partial charge in [0.05, 0.1) is 22.9 Å². The van der Waals surface area contributed by atoms with Gasteiger partial charge in [-0.3, -0.25) is 9.59 Å². The van der Waals surface area contributed by atoms with Gasteiger partial charge in [0, 0.05) is 17.1 Å². The molecule has 0 atom stereocenters. The number of rotatable bonds is 3. The molecule has 0 radical (unpaired) electrons. The maximum atomic E-state index is 12.5. The number of carbonyl (C=O) groups is 1. The highest BCUT2D eigenvalue weighted by atomic mass is 16.2. The van der Waals surface area contributed by atoms with Gasteiger partial charge in [-0.2, -0.15) is 0 Å². The summed E-state index contributed by atoms with van der Waals surface area (Å²) >= 11 is 0. The smallest absolute Gasteiger partial charge is 0.248 e. The standard InChI is InChI=1S/C22H22N4O2/c1-22(2,3)16-11-20(27)25-18-10-14(8-9-15(16)18)24-21(28)12-26-13-23-17-6-4-5-7-19(17)26/h4-11,13H,12H2,1-3H3,(H,24,28)(H,25,27). The Morgan fingerprint density at radius 2 is 1.93 bits per heavy atom. The van der Waals surface area contributed by atoms with Gasteiger partial charge in [-0.25, -0.2) is 4.98 Å². The number of aromatic nitrogens is 3. The molecule has 4 aromatic rings. The van der Waals surface area contributed by atoms with E-state index in [1.54, 1.807) is 18.5 Å². The van der Waals surface area contributed by atoms with Crippen LogP contribution >= 0.6 is 0 Å². The van der Waals surface area contributed by atoms with Gasteiger partial charge < -0.3 is 14.9 Å². The van der Waals surface area contributed by atoms with Crippen molar-refractivity contribution < 1.29 is 4.79 Å². The van der Waals surface area contributed by atoms with Gasteiger partial charge in [0.25, 0.3) is 0 Å². The molecule has 0 aliphatic heterocycles. The first kappa shape index (κ1) is 18.0. The summed E-state index contributed by atoms with van der Waals surface area (Å²) in [6.07, 6.45) is 1.66. The van der Waals surface area contributed by atoms with E-state index in [1.165, 1.54) is 0 Å². The highest BCUT2D eigenvalue weighted by Crippen LogP contribution is 2.29. The number of pyridine rings is 1. The number of hydrogen-bond donors (Lipinski definition) is 2. The van der Waals surface area contributed by atoms with E-state index in [0.717, 1.165) is 22.0 Å². The SMILES string of the molecule is CC(C)(C)c1cc(=O)[nH]c2cc(NC(=O)Cn3cnc4ccccc43)ccc12. The summed E-state index contributed by atoms with van der Waals surface area (Å²) in [5.74, 6) is -0.156. The van der Waals surface area contributed by atoms with E-state index in [-0.39, 0.29) is 23.4 Å². The Morgan fingerprint density at radius 1 is 1.14 bits per heavy atom. The summed E-state index contributed by atoms with van der Waals surface area (Å²) in [6, 6.07) is 14.9. The Morgan fingerprint density at radius 3 is 2.71 bits per heavy atom. The van der Waals surface area contributed by atoms with Gasteiger partial charge >= 0.3 is 0 Å². The van der Waals surface area contributed by atoms with Gasteiger partial charge in [-0.15, -0.1) is 0 Å². The summed E-state index contributed by atoms with van der Waals surface area (Å²) in [4.78, 5) is 31.8. The maximum absolute atomic E-state index is 12.5. The number of H-pyrrole nitrogens is 1. The molecule has 142 valence electrons. The number of imidazole rings is 1. The average Bonchev–Trinajstić information content (AvgIpc) is 3.03. The molecule has 0 bridgehead atoms. The zero-order chi connectivity index (χ0) is 19.9. The van der Waals surface area contributed by atoms with Gasteiger partial charge in [-0.05, 0) is 35.2 Å². The fourth-order valence-corrected chi connectivity index (χ4v) is 3.45. The van der Waals surface area contributed by atoms with Crippen molar-refractivity contribution in [2.75, 3.05) is 5.32 Å². The summed E-state index contributed by atoms with van der Waals surface area (Å²) < 4.78 is 1.81. The van der Waals surface area contributed by atoms with Crippen molar-refractivity contribution >= 4 is 33.5 Å². The van der Waals surface area contributed by atoms with Crippen LogP contribution in [0, 0.1) is 0 Å². The number of fused-ring (bicyclic) bond motifs is 2. The number of amides is 1. The zero-order valence-electron chi connectivity index (χ0n) is 16.1. The van der Waals surface area contributed by atoms with Gasteiger partial charge in [-0.1, -0.05) is 39.0 Å². The van der Waals surface area contributed by atoms with Gasteiger partial charge in [0.15, 0.2) is 0 Å². The first-order valence-corrected chi connectivity index (χ1v) is 9.18. The molecule has 0 aliphatic carbocycles. The lowest BCUT2D eigenvalue weighted by Gasteiger charge is -2.21. The molecule has 0 aliphatic rings. The van der Waals surface area contributed by atoms with E-state index in [9.17, 15) is 9.59 Å². The van der Waals surface area contributed by atoms with Crippen molar-refractivity contribution in [3.8, 4) is 0 Å². The molecule has 0 spiro atoms. The number of aromatic amines is 1. The fraction of sp³-hybridized carbons (Fsp3) is 0.227. The summed E-state index contributed by atoms with van der Waals surface area (Å²) in [5.41, 5.74) is 3.80. The van der Waals surface area contributed by atoms with Crippen molar-refractivity contribution in [2.24, 2.45) is 0 Å². The van der Waals surface area contributed by atoms with Crippen LogP contribution in [0.3, 0.4) is 0 Å². The van der Waals surface area contributed by atoms with Crippen LogP contribution in [0.4, 0.5) is 5.69 Å². The number of anilines is 1. The second kappa shape index (κ2) is 6.64. The molecule has 0 fully saturated rings. The second-order valence-electron chi connectivity index (χ2n) is 7.97. The third-order valence-electron chi connectivity index (χ3n) is 4.78. The number of nitrogens with zero attached hydrogens (tertiary/aromatic N) is 2. The van der Waals surface area contributed by atoms with E-state index in [0.29, 0.717) is 11.2 Å². The van der Waals surface area contributed by atoms with Crippen LogP contribution in [0.15, 0.2) is 59.7 Å². The van der Waals surface area contributed by atoms with E-state index in [4.69, 9.17) is 0 Å². The molecule has 0 saturated heterocycles. The van der Waals surface area contributed by atoms with Gasteiger partial charge in [0.1, 0.15) is 6.54 Å². The zero-order valence-corrected chi connectivity index (χ0v) is 16.1. The molecule has 4 rings (SSSR count). The minimum Gasteiger partial charge on any atom is -0.324 e. The molecule has 6 nitrogen and oxygen atoms in total. The Hall–Kier alpha value is -3.41. The minimum absolute atomic E-state index is 0.147. The molecule has 2 N–H and O–H groups in total. The highest BCUT2D eigenvalue weighted by molar-refractivity contribution is 5.94. The normalized spacial score (nSPS) is 11.8. The molecular formula is C22H22N4O2. The highest BCUT2D eigenvalue weighted by Gasteiger charge is 2.18. The third kappa shape index (κ3) is 3.41. The van der Waals surface area contributed by atoms with Crippen LogP contribution in [-0.2, 0) is 16.8 Å². The molecule has 1 amide bonds.